The molecule has 5 rings (SSSR count). The topological polar surface area (TPSA) is 47.1 Å². The molecule has 0 N–H and O–H groups in total. The maximum atomic E-state index is 5.79. The van der Waals surface area contributed by atoms with E-state index in [2.05, 4.69) is 67.3 Å². The number of rotatable bonds is 5. The van der Waals surface area contributed by atoms with Gasteiger partial charge in [0.1, 0.15) is 17.7 Å². The van der Waals surface area contributed by atoms with Crippen molar-refractivity contribution in [2.45, 2.75) is 39.7 Å². The Bertz CT molecular complexity index is 1150. The smallest absolute Gasteiger partial charge is 0.247 e. The van der Waals surface area contributed by atoms with Crippen LogP contribution in [-0.4, -0.2) is 27.9 Å². The molecular formula is C26H28N4O. The molecule has 0 radical (unpaired) electrons. The number of hydrogen-bond acceptors (Lipinski definition) is 4. The molecular weight excluding hydrogens is 384 g/mol. The second-order valence-corrected chi connectivity index (χ2v) is 8.45. The molecule has 0 bridgehead atoms. The third-order valence-corrected chi connectivity index (χ3v) is 6.04. The van der Waals surface area contributed by atoms with E-state index in [0.29, 0.717) is 5.89 Å². The van der Waals surface area contributed by atoms with Crippen molar-refractivity contribution in [2.75, 3.05) is 18.0 Å². The van der Waals surface area contributed by atoms with Gasteiger partial charge in [0.2, 0.25) is 5.89 Å². The molecule has 31 heavy (non-hydrogen) atoms. The Morgan fingerprint density at radius 3 is 2.35 bits per heavy atom. The molecule has 0 spiro atoms. The Kier molecular flexibility index (Phi) is 5.33. The Balaban J connectivity index is 1.33. The summed E-state index contributed by atoms with van der Waals surface area (Å²) in [5.74, 6) is 0.556. The predicted octanol–water partition coefficient (Wildman–Crippen LogP) is 5.86. The maximum Gasteiger partial charge on any atom is 0.247 e. The molecule has 5 nitrogen and oxygen atoms in total. The SMILES string of the molecule is Cc1ccc(Cn2nc(-c3nc(-c4ccc(N5CCCCC5)cc4)co3)cc2C)cc1. The fourth-order valence-electron chi connectivity index (χ4n) is 4.16. The minimum Gasteiger partial charge on any atom is -0.443 e. The van der Waals surface area contributed by atoms with Crippen molar-refractivity contribution in [3.8, 4) is 22.8 Å². The number of aryl methyl sites for hydroxylation is 2. The van der Waals surface area contributed by atoms with Crippen LogP contribution in [0, 0.1) is 13.8 Å². The van der Waals surface area contributed by atoms with Crippen molar-refractivity contribution >= 4 is 5.69 Å². The first-order chi connectivity index (χ1) is 15.2. The van der Waals surface area contributed by atoms with Gasteiger partial charge in [0.15, 0.2) is 0 Å². The van der Waals surface area contributed by atoms with Crippen LogP contribution in [0.4, 0.5) is 5.69 Å². The highest BCUT2D eigenvalue weighted by Crippen LogP contribution is 2.27. The molecule has 1 aliphatic rings. The van der Waals surface area contributed by atoms with Crippen molar-refractivity contribution in [1.82, 2.24) is 14.8 Å². The maximum absolute atomic E-state index is 5.79. The molecule has 3 heterocycles. The van der Waals surface area contributed by atoms with E-state index in [1.165, 1.54) is 36.1 Å². The number of benzene rings is 2. The van der Waals surface area contributed by atoms with Gasteiger partial charge in [-0.2, -0.15) is 5.10 Å². The highest BCUT2D eigenvalue weighted by molar-refractivity contribution is 5.64. The van der Waals surface area contributed by atoms with E-state index in [9.17, 15) is 0 Å². The highest BCUT2D eigenvalue weighted by Gasteiger charge is 2.15. The molecule has 0 aliphatic carbocycles. The first kappa shape index (κ1) is 19.6. The van der Waals surface area contributed by atoms with Gasteiger partial charge < -0.3 is 9.32 Å². The van der Waals surface area contributed by atoms with Crippen LogP contribution in [0.25, 0.3) is 22.8 Å². The van der Waals surface area contributed by atoms with Gasteiger partial charge in [-0.1, -0.05) is 42.0 Å². The molecule has 0 amide bonds. The van der Waals surface area contributed by atoms with Crippen LogP contribution in [0.2, 0.25) is 0 Å². The van der Waals surface area contributed by atoms with Crippen molar-refractivity contribution in [3.05, 3.63) is 77.7 Å². The van der Waals surface area contributed by atoms with E-state index in [-0.39, 0.29) is 0 Å². The summed E-state index contributed by atoms with van der Waals surface area (Å²) in [6.07, 6.45) is 5.63. The van der Waals surface area contributed by atoms with Crippen LogP contribution < -0.4 is 4.90 Å². The minimum absolute atomic E-state index is 0.556. The van der Waals surface area contributed by atoms with E-state index < -0.39 is 0 Å². The molecule has 1 fully saturated rings. The lowest BCUT2D eigenvalue weighted by Crippen LogP contribution is -2.29. The summed E-state index contributed by atoms with van der Waals surface area (Å²) in [5, 5.41) is 4.73. The zero-order valence-corrected chi connectivity index (χ0v) is 18.2. The second-order valence-electron chi connectivity index (χ2n) is 8.45. The van der Waals surface area contributed by atoms with Gasteiger partial charge >= 0.3 is 0 Å². The number of oxazole rings is 1. The molecule has 0 atom stereocenters. The molecule has 4 aromatic rings. The van der Waals surface area contributed by atoms with Crippen LogP contribution >= 0.6 is 0 Å². The fraction of sp³-hybridized carbons (Fsp3) is 0.308. The lowest BCUT2D eigenvalue weighted by Gasteiger charge is -2.28. The molecule has 0 unspecified atom stereocenters. The molecule has 0 saturated carbocycles. The number of aromatic nitrogens is 3. The van der Waals surface area contributed by atoms with Gasteiger partial charge in [0.05, 0.1) is 6.54 Å². The zero-order valence-electron chi connectivity index (χ0n) is 18.2. The Morgan fingerprint density at radius 1 is 0.871 bits per heavy atom. The molecule has 5 heteroatoms. The average molecular weight is 413 g/mol. The molecule has 1 aliphatic heterocycles. The van der Waals surface area contributed by atoms with Gasteiger partial charge in [-0.3, -0.25) is 4.68 Å². The molecule has 2 aromatic heterocycles. The third kappa shape index (κ3) is 4.26. The van der Waals surface area contributed by atoms with Crippen molar-refractivity contribution in [1.29, 1.82) is 0 Å². The predicted molar refractivity (Wildman–Crippen MR) is 124 cm³/mol. The number of piperidine rings is 1. The largest absolute Gasteiger partial charge is 0.443 e. The highest BCUT2D eigenvalue weighted by atomic mass is 16.3. The lowest BCUT2D eigenvalue weighted by molar-refractivity contribution is 0.568. The van der Waals surface area contributed by atoms with Crippen LogP contribution in [0.3, 0.4) is 0 Å². The van der Waals surface area contributed by atoms with E-state index >= 15 is 0 Å². The molecule has 158 valence electrons. The van der Waals surface area contributed by atoms with Gasteiger partial charge in [0.25, 0.3) is 0 Å². The number of nitrogens with zero attached hydrogens (tertiary/aromatic N) is 4. The fourth-order valence-corrected chi connectivity index (χ4v) is 4.16. The Hall–Kier alpha value is -3.34. The second kappa shape index (κ2) is 8.42. The van der Waals surface area contributed by atoms with Gasteiger partial charge in [-0.05, 0) is 56.9 Å². The van der Waals surface area contributed by atoms with Gasteiger partial charge in [-0.25, -0.2) is 4.98 Å². The Labute approximate surface area is 183 Å². The van der Waals surface area contributed by atoms with Crippen LogP contribution in [0.1, 0.15) is 36.1 Å². The number of anilines is 1. The summed E-state index contributed by atoms with van der Waals surface area (Å²) in [4.78, 5) is 7.17. The number of hydrogen-bond donors (Lipinski definition) is 0. The minimum atomic E-state index is 0.556. The summed E-state index contributed by atoms with van der Waals surface area (Å²) < 4.78 is 7.79. The van der Waals surface area contributed by atoms with Gasteiger partial charge in [0, 0.05) is 30.0 Å². The van der Waals surface area contributed by atoms with Crippen LogP contribution in [0.15, 0.2) is 65.3 Å². The monoisotopic (exact) mass is 412 g/mol. The van der Waals surface area contributed by atoms with E-state index in [1.807, 2.05) is 10.7 Å². The molecule has 1 saturated heterocycles. The first-order valence-corrected chi connectivity index (χ1v) is 11.1. The van der Waals surface area contributed by atoms with E-state index in [1.54, 1.807) is 6.26 Å². The van der Waals surface area contributed by atoms with Crippen molar-refractivity contribution in [3.63, 3.8) is 0 Å². The summed E-state index contributed by atoms with van der Waals surface area (Å²) in [6.45, 7) is 7.20. The Morgan fingerprint density at radius 2 is 1.61 bits per heavy atom. The van der Waals surface area contributed by atoms with E-state index in [0.717, 1.165) is 42.3 Å². The van der Waals surface area contributed by atoms with Crippen LogP contribution in [0.5, 0.6) is 0 Å². The van der Waals surface area contributed by atoms with Crippen LogP contribution in [-0.2, 0) is 6.54 Å². The lowest BCUT2D eigenvalue weighted by atomic mass is 10.1. The standard InChI is InChI=1S/C26H28N4O/c1-19-6-8-21(9-7-19)17-30-20(2)16-24(28-30)26-27-25(18-31-26)22-10-12-23(13-11-22)29-14-4-3-5-15-29/h6-13,16,18H,3-5,14-15,17H2,1-2H3. The van der Waals surface area contributed by atoms with Crippen molar-refractivity contribution < 1.29 is 4.42 Å². The summed E-state index contributed by atoms with van der Waals surface area (Å²) >= 11 is 0. The first-order valence-electron chi connectivity index (χ1n) is 11.1. The van der Waals surface area contributed by atoms with E-state index in [4.69, 9.17) is 14.5 Å². The summed E-state index contributed by atoms with van der Waals surface area (Å²) in [7, 11) is 0. The third-order valence-electron chi connectivity index (χ3n) is 6.04. The molecule has 2 aromatic carbocycles. The average Bonchev–Trinajstić information content (AvgIpc) is 3.43. The summed E-state index contributed by atoms with van der Waals surface area (Å²) in [5.41, 5.74) is 7.53. The normalized spacial score (nSPS) is 14.2. The summed E-state index contributed by atoms with van der Waals surface area (Å²) in [6, 6.07) is 19.2. The zero-order chi connectivity index (χ0) is 21.2. The quantitative estimate of drug-likeness (QED) is 0.412. The van der Waals surface area contributed by atoms with Gasteiger partial charge in [-0.15, -0.1) is 0 Å². The van der Waals surface area contributed by atoms with Crippen molar-refractivity contribution in [2.24, 2.45) is 0 Å².